The molecule has 0 saturated carbocycles. The molecule has 1 heterocycles. The minimum Gasteiger partial charge on any atom is -0.306 e. The second kappa shape index (κ2) is 5.69. The minimum atomic E-state index is -4.42. The van der Waals surface area contributed by atoms with E-state index in [1.54, 1.807) is 11.9 Å². The third-order valence-electron chi connectivity index (χ3n) is 3.10. The Bertz CT molecular complexity index is 285. The van der Waals surface area contributed by atoms with E-state index in [4.69, 9.17) is 5.26 Å². The lowest BCUT2D eigenvalue weighted by Gasteiger charge is -2.24. The van der Waals surface area contributed by atoms with E-state index in [0.29, 0.717) is 12.5 Å². The Morgan fingerprint density at radius 2 is 2.18 bits per heavy atom. The lowest BCUT2D eigenvalue weighted by Crippen LogP contribution is -2.36. The lowest BCUT2D eigenvalue weighted by molar-refractivity contribution is -0.162. The number of alkyl halides is 3. The summed E-state index contributed by atoms with van der Waals surface area (Å²) in [4.78, 5) is 3.79. The normalized spacial score (nSPS) is 23.9. The van der Waals surface area contributed by atoms with Crippen molar-refractivity contribution in [1.29, 1.82) is 5.26 Å². The molecule has 1 saturated heterocycles. The summed E-state index contributed by atoms with van der Waals surface area (Å²) in [7, 11) is 3.65. The summed E-state index contributed by atoms with van der Waals surface area (Å²) in [6.07, 6.45) is -3.40. The molecule has 3 nitrogen and oxygen atoms in total. The maximum atomic E-state index is 12.4. The maximum absolute atomic E-state index is 12.4. The minimum absolute atomic E-state index is 0.236. The summed E-state index contributed by atoms with van der Waals surface area (Å²) in [5.74, 6) is -1.47. The van der Waals surface area contributed by atoms with Crippen molar-refractivity contribution in [2.45, 2.75) is 12.6 Å². The van der Waals surface area contributed by atoms with Gasteiger partial charge >= 0.3 is 6.18 Å². The zero-order valence-corrected chi connectivity index (χ0v) is 10.2. The second-order valence-corrected chi connectivity index (χ2v) is 4.86. The van der Waals surface area contributed by atoms with Crippen LogP contribution in [0.4, 0.5) is 13.2 Å². The van der Waals surface area contributed by atoms with E-state index in [1.165, 1.54) is 6.07 Å². The van der Waals surface area contributed by atoms with Gasteiger partial charge in [-0.2, -0.15) is 18.4 Å². The van der Waals surface area contributed by atoms with Crippen LogP contribution in [0.15, 0.2) is 0 Å². The topological polar surface area (TPSA) is 30.3 Å². The van der Waals surface area contributed by atoms with Crippen molar-refractivity contribution in [3.63, 3.8) is 0 Å². The third-order valence-corrected chi connectivity index (χ3v) is 3.10. The van der Waals surface area contributed by atoms with Gasteiger partial charge in [0.05, 0.1) is 6.07 Å². The molecule has 0 spiro atoms. The smallest absolute Gasteiger partial charge is 0.306 e. The van der Waals surface area contributed by atoms with Gasteiger partial charge < -0.3 is 9.80 Å². The van der Waals surface area contributed by atoms with Gasteiger partial charge in [0.1, 0.15) is 0 Å². The van der Waals surface area contributed by atoms with Gasteiger partial charge in [0.2, 0.25) is 0 Å². The highest BCUT2D eigenvalue weighted by Gasteiger charge is 2.40. The molecule has 1 aliphatic heterocycles. The first-order valence-corrected chi connectivity index (χ1v) is 5.66. The predicted octanol–water partition coefficient (Wildman–Crippen LogP) is 1.57. The summed E-state index contributed by atoms with van der Waals surface area (Å²) in [6, 6.07) is 1.33. The van der Waals surface area contributed by atoms with Gasteiger partial charge in [-0.1, -0.05) is 0 Å². The van der Waals surface area contributed by atoms with Crippen molar-refractivity contribution < 1.29 is 13.2 Å². The van der Waals surface area contributed by atoms with Crippen LogP contribution in [0.25, 0.3) is 0 Å². The van der Waals surface area contributed by atoms with Crippen LogP contribution >= 0.6 is 0 Å². The molecule has 0 aliphatic carbocycles. The van der Waals surface area contributed by atoms with Gasteiger partial charge in [-0.15, -0.1) is 0 Å². The molecule has 0 N–H and O–H groups in total. The second-order valence-electron chi connectivity index (χ2n) is 4.86. The average Bonchev–Trinajstić information content (AvgIpc) is 2.58. The van der Waals surface area contributed by atoms with Crippen LogP contribution < -0.4 is 0 Å². The molecule has 0 amide bonds. The molecular weight excluding hydrogens is 231 g/mol. The van der Waals surface area contributed by atoms with Crippen molar-refractivity contribution in [2.75, 3.05) is 40.3 Å². The molecule has 1 rings (SSSR count). The molecule has 6 heteroatoms. The molecule has 2 atom stereocenters. The Balaban J connectivity index is 2.38. The van der Waals surface area contributed by atoms with Gasteiger partial charge in [-0.25, -0.2) is 0 Å². The Morgan fingerprint density at radius 1 is 1.53 bits per heavy atom. The molecule has 0 aromatic heterocycles. The largest absolute Gasteiger partial charge is 0.405 e. The standard InChI is InChI=1S/C11H18F3N3/c1-16-4-3-9(6-16)7-17(2)8-10(5-15)11(12,13)14/h9-10H,3-4,6-8H2,1-2H3. The van der Waals surface area contributed by atoms with Crippen molar-refractivity contribution in [1.82, 2.24) is 9.80 Å². The van der Waals surface area contributed by atoms with Crippen LogP contribution in [0.3, 0.4) is 0 Å². The van der Waals surface area contributed by atoms with Crippen molar-refractivity contribution in [2.24, 2.45) is 11.8 Å². The third kappa shape index (κ3) is 4.52. The van der Waals surface area contributed by atoms with E-state index in [9.17, 15) is 13.2 Å². The zero-order chi connectivity index (χ0) is 13.1. The van der Waals surface area contributed by atoms with Gasteiger partial charge in [0.25, 0.3) is 0 Å². The fraction of sp³-hybridized carbons (Fsp3) is 0.909. The maximum Gasteiger partial charge on any atom is 0.405 e. The number of hydrogen-bond acceptors (Lipinski definition) is 3. The molecule has 1 aliphatic rings. The summed E-state index contributed by atoms with van der Waals surface area (Å²) >= 11 is 0. The fourth-order valence-electron chi connectivity index (χ4n) is 2.22. The van der Waals surface area contributed by atoms with E-state index >= 15 is 0 Å². The Kier molecular flexibility index (Phi) is 4.78. The molecule has 0 radical (unpaired) electrons. The fourth-order valence-corrected chi connectivity index (χ4v) is 2.22. The first-order valence-electron chi connectivity index (χ1n) is 5.66. The molecular formula is C11H18F3N3. The van der Waals surface area contributed by atoms with E-state index in [2.05, 4.69) is 4.90 Å². The Morgan fingerprint density at radius 3 is 2.59 bits per heavy atom. The number of rotatable bonds is 4. The van der Waals surface area contributed by atoms with Gasteiger partial charge in [-0.05, 0) is 33.0 Å². The van der Waals surface area contributed by atoms with E-state index in [-0.39, 0.29) is 6.54 Å². The van der Waals surface area contributed by atoms with Crippen LogP contribution in [-0.2, 0) is 0 Å². The quantitative estimate of drug-likeness (QED) is 0.757. The van der Waals surface area contributed by atoms with Crippen LogP contribution in [-0.4, -0.2) is 56.3 Å². The van der Waals surface area contributed by atoms with Crippen LogP contribution in [0.2, 0.25) is 0 Å². The number of likely N-dealkylation sites (tertiary alicyclic amines) is 1. The predicted molar refractivity (Wildman–Crippen MR) is 58.3 cm³/mol. The highest BCUT2D eigenvalue weighted by atomic mass is 19.4. The summed E-state index contributed by atoms with van der Waals surface area (Å²) < 4.78 is 37.2. The monoisotopic (exact) mass is 249 g/mol. The van der Waals surface area contributed by atoms with E-state index in [1.807, 2.05) is 7.05 Å². The van der Waals surface area contributed by atoms with Crippen LogP contribution in [0, 0.1) is 23.2 Å². The Labute approximate surface area is 99.8 Å². The lowest BCUT2D eigenvalue weighted by atomic mass is 10.1. The molecule has 17 heavy (non-hydrogen) atoms. The van der Waals surface area contributed by atoms with Crippen molar-refractivity contribution in [3.8, 4) is 6.07 Å². The number of hydrogen-bond donors (Lipinski definition) is 0. The van der Waals surface area contributed by atoms with Gasteiger partial charge in [0, 0.05) is 19.6 Å². The average molecular weight is 249 g/mol. The van der Waals surface area contributed by atoms with Crippen molar-refractivity contribution >= 4 is 0 Å². The number of halogens is 3. The molecule has 2 unspecified atom stereocenters. The summed E-state index contributed by atoms with van der Waals surface area (Å²) in [6.45, 7) is 2.31. The van der Waals surface area contributed by atoms with Gasteiger partial charge in [0.15, 0.2) is 5.92 Å². The Hall–Kier alpha value is -0.800. The molecule has 98 valence electrons. The first kappa shape index (κ1) is 14.3. The summed E-state index contributed by atoms with van der Waals surface area (Å²) in [5, 5.41) is 8.51. The zero-order valence-electron chi connectivity index (χ0n) is 10.2. The van der Waals surface area contributed by atoms with Crippen LogP contribution in [0.1, 0.15) is 6.42 Å². The molecule has 0 aromatic carbocycles. The number of nitrogens with zero attached hydrogens (tertiary/aromatic N) is 3. The highest BCUT2D eigenvalue weighted by Crippen LogP contribution is 2.26. The molecule has 1 fully saturated rings. The SMILES string of the molecule is CN1CCC(CN(C)CC(C#N)C(F)(F)F)C1. The highest BCUT2D eigenvalue weighted by molar-refractivity contribution is 4.90. The van der Waals surface area contributed by atoms with E-state index in [0.717, 1.165) is 19.5 Å². The molecule has 0 aromatic rings. The molecule has 0 bridgehead atoms. The summed E-state index contributed by atoms with van der Waals surface area (Å²) in [5.41, 5.74) is 0. The van der Waals surface area contributed by atoms with E-state index < -0.39 is 12.1 Å². The van der Waals surface area contributed by atoms with Crippen molar-refractivity contribution in [3.05, 3.63) is 0 Å². The first-order chi connectivity index (χ1) is 7.82. The number of nitriles is 1. The van der Waals surface area contributed by atoms with Gasteiger partial charge in [-0.3, -0.25) is 0 Å². The van der Waals surface area contributed by atoms with Crippen LogP contribution in [0.5, 0.6) is 0 Å².